The molecule has 11 heteroatoms. The highest BCUT2D eigenvalue weighted by Gasteiger charge is 2.67. The van der Waals surface area contributed by atoms with Gasteiger partial charge in [-0.1, -0.05) is 56.1 Å². The van der Waals surface area contributed by atoms with E-state index in [2.05, 4.69) is 41.7 Å². The van der Waals surface area contributed by atoms with Crippen LogP contribution in [0.4, 0.5) is 11.4 Å². The van der Waals surface area contributed by atoms with Crippen molar-refractivity contribution in [3.05, 3.63) is 70.0 Å². The normalized spacial score (nSPS) is 26.9. The van der Waals surface area contributed by atoms with Crippen molar-refractivity contribution in [3.8, 4) is 5.75 Å². The van der Waals surface area contributed by atoms with Gasteiger partial charge in [-0.25, -0.2) is 4.98 Å². The van der Waals surface area contributed by atoms with Crippen molar-refractivity contribution in [3.63, 3.8) is 0 Å². The number of primary amides is 1. The van der Waals surface area contributed by atoms with Gasteiger partial charge in [0.25, 0.3) is 0 Å². The number of benzene rings is 1. The fraction of sp³-hybridized carbons (Fsp3) is 0.379. The van der Waals surface area contributed by atoms with Gasteiger partial charge in [-0.15, -0.1) is 0 Å². The Hall–Kier alpha value is -3.40. The number of hydrogen-bond donors (Lipinski definition) is 4. The molecule has 210 valence electrons. The number of aromatic nitrogens is 1. The van der Waals surface area contributed by atoms with Crippen molar-refractivity contribution in [1.29, 1.82) is 0 Å². The van der Waals surface area contributed by atoms with Crippen molar-refractivity contribution in [2.75, 3.05) is 17.7 Å². The first-order chi connectivity index (χ1) is 18.9. The summed E-state index contributed by atoms with van der Waals surface area (Å²) in [6.45, 7) is 6.27. The van der Waals surface area contributed by atoms with Crippen LogP contribution in [-0.4, -0.2) is 41.9 Å². The minimum absolute atomic E-state index is 0.192. The van der Waals surface area contributed by atoms with E-state index in [1.807, 2.05) is 12.2 Å². The lowest BCUT2D eigenvalue weighted by molar-refractivity contribution is -0.124. The third kappa shape index (κ3) is 4.66. The van der Waals surface area contributed by atoms with E-state index in [-0.39, 0.29) is 33.7 Å². The average Bonchev–Trinajstić information content (AvgIpc) is 3.52. The summed E-state index contributed by atoms with van der Waals surface area (Å²) in [7, 11) is 1.44. The van der Waals surface area contributed by atoms with E-state index in [9.17, 15) is 14.4 Å². The molecule has 0 radical (unpaired) electrons. The highest BCUT2D eigenvalue weighted by Crippen LogP contribution is 2.57. The molecule has 1 saturated heterocycles. The molecule has 2 aromatic rings. The lowest BCUT2D eigenvalue weighted by Crippen LogP contribution is -2.52. The molecule has 5 rings (SSSR count). The second kappa shape index (κ2) is 10.2. The SMILES string of the molecule is COc1cc(C(N)=O)ccc1NC(=O)[C@@H]1N[C@@H](CC(C)(C)C)[C@@]2(C(=O)Nc3cc(Cl)ncc32)[C@H]1C1C=CC=C1Cl. The Labute approximate surface area is 242 Å². The third-order valence-electron chi connectivity index (χ3n) is 7.88. The number of halogens is 2. The van der Waals surface area contributed by atoms with Crippen LogP contribution in [-0.2, 0) is 15.0 Å². The van der Waals surface area contributed by atoms with E-state index in [1.54, 1.807) is 24.4 Å². The van der Waals surface area contributed by atoms with Gasteiger partial charge < -0.3 is 26.4 Å². The number of pyridine rings is 1. The molecule has 1 fully saturated rings. The lowest BCUT2D eigenvalue weighted by atomic mass is 9.61. The molecule has 3 amide bonds. The van der Waals surface area contributed by atoms with Crippen LogP contribution in [0.15, 0.2) is 53.7 Å². The maximum Gasteiger partial charge on any atom is 0.248 e. The monoisotopic (exact) mass is 583 g/mol. The highest BCUT2D eigenvalue weighted by atomic mass is 35.5. The van der Waals surface area contributed by atoms with Crippen molar-refractivity contribution in [1.82, 2.24) is 10.3 Å². The van der Waals surface area contributed by atoms with Crippen molar-refractivity contribution < 1.29 is 19.1 Å². The molecule has 40 heavy (non-hydrogen) atoms. The fourth-order valence-electron chi connectivity index (χ4n) is 6.32. The van der Waals surface area contributed by atoms with E-state index in [0.717, 1.165) is 0 Å². The zero-order valence-electron chi connectivity index (χ0n) is 22.5. The molecular weight excluding hydrogens is 553 g/mol. The molecular formula is C29H31Cl2N5O4. The summed E-state index contributed by atoms with van der Waals surface area (Å²) in [5.74, 6) is -1.97. The van der Waals surface area contributed by atoms with E-state index in [1.165, 1.54) is 19.2 Å². The number of carbonyl (C=O) groups excluding carboxylic acids is 3. The van der Waals surface area contributed by atoms with Crippen LogP contribution in [0.1, 0.15) is 43.1 Å². The van der Waals surface area contributed by atoms with Gasteiger partial charge in [0.05, 0.1) is 24.3 Å². The van der Waals surface area contributed by atoms with Gasteiger partial charge in [0.15, 0.2) is 0 Å². The molecule has 1 spiro atoms. The van der Waals surface area contributed by atoms with Gasteiger partial charge in [-0.05, 0) is 42.2 Å². The molecule has 3 aliphatic rings. The maximum absolute atomic E-state index is 14.2. The summed E-state index contributed by atoms with van der Waals surface area (Å²) < 4.78 is 5.43. The summed E-state index contributed by atoms with van der Waals surface area (Å²) in [5.41, 5.74) is 5.91. The number of nitrogens with one attached hydrogen (secondary N) is 3. The first-order valence-electron chi connectivity index (χ1n) is 12.9. The molecule has 2 aliphatic heterocycles. The predicted octanol–water partition coefficient (Wildman–Crippen LogP) is 4.37. The zero-order valence-corrected chi connectivity index (χ0v) is 24.1. The number of fused-ring (bicyclic) bond motifs is 2. The Kier molecular flexibility index (Phi) is 7.18. The number of methoxy groups -OCH3 is 1. The number of ether oxygens (including phenoxy) is 1. The predicted molar refractivity (Wildman–Crippen MR) is 155 cm³/mol. The first kappa shape index (κ1) is 28.1. The topological polar surface area (TPSA) is 135 Å². The Balaban J connectivity index is 1.64. The largest absolute Gasteiger partial charge is 0.495 e. The number of nitrogens with zero attached hydrogens (tertiary/aromatic N) is 1. The molecule has 1 unspecified atom stereocenters. The number of hydrogen-bond acceptors (Lipinski definition) is 6. The molecule has 9 nitrogen and oxygen atoms in total. The van der Waals surface area contributed by atoms with Gasteiger partial charge in [0.1, 0.15) is 10.9 Å². The van der Waals surface area contributed by atoms with Crippen LogP contribution in [0.3, 0.4) is 0 Å². The molecule has 5 atom stereocenters. The van der Waals surface area contributed by atoms with Crippen molar-refractivity contribution in [2.45, 2.75) is 44.7 Å². The molecule has 3 heterocycles. The van der Waals surface area contributed by atoms with Crippen LogP contribution in [0, 0.1) is 17.3 Å². The van der Waals surface area contributed by atoms with E-state index in [4.69, 9.17) is 33.7 Å². The number of allylic oxidation sites excluding steroid dienone is 4. The molecule has 1 aliphatic carbocycles. The number of nitrogens with two attached hydrogens (primary N) is 1. The van der Waals surface area contributed by atoms with Crippen LogP contribution in [0.5, 0.6) is 5.75 Å². The second-order valence-electron chi connectivity index (χ2n) is 11.6. The van der Waals surface area contributed by atoms with Crippen molar-refractivity contribution in [2.24, 2.45) is 23.0 Å². The highest BCUT2D eigenvalue weighted by molar-refractivity contribution is 6.31. The van der Waals surface area contributed by atoms with Crippen LogP contribution < -0.4 is 26.4 Å². The minimum Gasteiger partial charge on any atom is -0.495 e. The van der Waals surface area contributed by atoms with Crippen LogP contribution in [0.25, 0.3) is 0 Å². The first-order valence-corrected chi connectivity index (χ1v) is 13.7. The smallest absolute Gasteiger partial charge is 0.248 e. The molecule has 1 aromatic heterocycles. The summed E-state index contributed by atoms with van der Waals surface area (Å²) in [6, 6.07) is 4.91. The van der Waals surface area contributed by atoms with Crippen molar-refractivity contribution >= 4 is 52.3 Å². The molecule has 5 N–H and O–H groups in total. The van der Waals surface area contributed by atoms with Gasteiger partial charge in [0.2, 0.25) is 17.7 Å². The standard InChI is InChI=1S/C29H31Cl2N5O4/c1-28(2,3)12-21-29(16-13-33-22(31)11-19(16)35-27(29)39)23(15-6-5-7-17(15)30)24(36-21)26(38)34-18-9-8-14(25(32)37)10-20(18)40-4/h5-11,13,15,21,23-24,36H,12H2,1-4H3,(H2,32,37)(H,34,38)(H,35,39)/t15?,21-,23-,24+,29+/m0/s1. The molecule has 1 aromatic carbocycles. The summed E-state index contributed by atoms with van der Waals surface area (Å²) in [4.78, 5) is 44.3. The second-order valence-corrected chi connectivity index (χ2v) is 12.4. The van der Waals surface area contributed by atoms with E-state index in [0.29, 0.717) is 28.4 Å². The lowest BCUT2D eigenvalue weighted by Gasteiger charge is -2.39. The Morgan fingerprint density at radius 2 is 1.98 bits per heavy atom. The summed E-state index contributed by atoms with van der Waals surface area (Å²) >= 11 is 12.9. The minimum atomic E-state index is -1.17. The Bertz CT molecular complexity index is 1470. The quantitative estimate of drug-likeness (QED) is 0.373. The van der Waals surface area contributed by atoms with E-state index >= 15 is 0 Å². The number of anilines is 2. The zero-order chi connectivity index (χ0) is 29.0. The summed E-state index contributed by atoms with van der Waals surface area (Å²) in [6.07, 6.45) is 7.75. The van der Waals surface area contributed by atoms with E-state index < -0.39 is 35.2 Å². The average molecular weight is 585 g/mol. The molecule has 0 saturated carbocycles. The van der Waals surface area contributed by atoms with Gasteiger partial charge >= 0.3 is 0 Å². The number of carbonyl (C=O) groups is 3. The number of rotatable bonds is 6. The van der Waals surface area contributed by atoms with Crippen LogP contribution >= 0.6 is 23.2 Å². The van der Waals surface area contributed by atoms with Gasteiger partial charge in [-0.2, -0.15) is 0 Å². The summed E-state index contributed by atoms with van der Waals surface area (Å²) in [5, 5.41) is 10.3. The Morgan fingerprint density at radius 1 is 1.23 bits per heavy atom. The van der Waals surface area contributed by atoms with Crippen LogP contribution in [0.2, 0.25) is 5.15 Å². The Morgan fingerprint density at radius 3 is 2.60 bits per heavy atom. The molecule has 0 bridgehead atoms. The third-order valence-corrected chi connectivity index (χ3v) is 8.46. The van der Waals surface area contributed by atoms with Gasteiger partial charge in [0, 0.05) is 45.9 Å². The maximum atomic E-state index is 14.2. The fourth-order valence-corrected chi connectivity index (χ4v) is 6.76. The number of amides is 3. The van der Waals surface area contributed by atoms with Gasteiger partial charge in [-0.3, -0.25) is 14.4 Å².